The summed E-state index contributed by atoms with van der Waals surface area (Å²) in [6, 6.07) is 23.9. The molecule has 1 nitrogen and oxygen atoms in total. The quantitative estimate of drug-likeness (QED) is 0.537. The molecule has 0 aromatic heterocycles. The lowest BCUT2D eigenvalue weighted by Gasteiger charge is -2.17. The summed E-state index contributed by atoms with van der Waals surface area (Å²) in [5.41, 5.74) is 3.79. The Kier molecular flexibility index (Phi) is 2.68. The predicted molar refractivity (Wildman–Crippen MR) is 99.2 cm³/mol. The molecular formula is C22H17N. The minimum absolute atomic E-state index is 1.13. The van der Waals surface area contributed by atoms with Crippen LogP contribution in [0.25, 0.3) is 27.6 Å². The maximum atomic E-state index is 3.58. The molecule has 0 aliphatic heterocycles. The second-order valence-corrected chi connectivity index (χ2v) is 6.25. The molecule has 0 fully saturated rings. The molecule has 23 heavy (non-hydrogen) atoms. The molecule has 4 aromatic rings. The summed E-state index contributed by atoms with van der Waals surface area (Å²) >= 11 is 0. The zero-order valence-corrected chi connectivity index (χ0v) is 12.8. The van der Waals surface area contributed by atoms with Crippen molar-refractivity contribution >= 4 is 39.0 Å². The van der Waals surface area contributed by atoms with Crippen LogP contribution in [-0.2, 0) is 6.42 Å². The van der Waals surface area contributed by atoms with Gasteiger partial charge in [0.1, 0.15) is 0 Å². The van der Waals surface area contributed by atoms with Gasteiger partial charge in [-0.05, 0) is 58.0 Å². The first-order chi connectivity index (χ1) is 11.4. The van der Waals surface area contributed by atoms with Gasteiger partial charge in [0.05, 0.1) is 0 Å². The zero-order chi connectivity index (χ0) is 15.2. The Labute approximate surface area is 135 Å². The summed E-state index contributed by atoms with van der Waals surface area (Å²) in [5, 5.41) is 10.4. The molecule has 0 radical (unpaired) electrons. The van der Waals surface area contributed by atoms with Gasteiger partial charge in [0.15, 0.2) is 0 Å². The molecule has 110 valence electrons. The van der Waals surface area contributed by atoms with Crippen molar-refractivity contribution in [3.05, 3.63) is 77.5 Å². The Morgan fingerprint density at radius 2 is 1.61 bits per heavy atom. The summed E-state index contributed by atoms with van der Waals surface area (Å²) in [6.07, 6.45) is 4.67. The van der Waals surface area contributed by atoms with Crippen LogP contribution in [0.3, 0.4) is 0 Å². The highest BCUT2D eigenvalue weighted by Crippen LogP contribution is 2.34. The van der Waals surface area contributed by atoms with Crippen LogP contribution >= 0.6 is 0 Å². The molecule has 0 bridgehead atoms. The van der Waals surface area contributed by atoms with E-state index in [0.29, 0.717) is 0 Å². The molecule has 1 aliphatic rings. The van der Waals surface area contributed by atoms with E-state index in [1.54, 1.807) is 0 Å². The first kappa shape index (κ1) is 12.7. The molecular weight excluding hydrogens is 278 g/mol. The fraction of sp³-hybridized carbons (Fsp3) is 0.0909. The number of hydrogen-bond acceptors (Lipinski definition) is 1. The molecule has 0 amide bonds. The minimum atomic E-state index is 1.13. The fourth-order valence-electron chi connectivity index (χ4n) is 3.80. The van der Waals surface area contributed by atoms with E-state index in [1.807, 2.05) is 6.07 Å². The highest BCUT2D eigenvalue weighted by atomic mass is 14.9. The Morgan fingerprint density at radius 3 is 2.52 bits per heavy atom. The van der Waals surface area contributed by atoms with E-state index in [-0.39, 0.29) is 0 Å². The lowest BCUT2D eigenvalue weighted by atomic mass is 9.89. The van der Waals surface area contributed by atoms with Crippen molar-refractivity contribution < 1.29 is 0 Å². The number of anilines is 2. The molecule has 1 aliphatic carbocycles. The molecule has 5 rings (SSSR count). The number of rotatable bonds is 2. The van der Waals surface area contributed by atoms with Crippen LogP contribution in [0.2, 0.25) is 0 Å². The molecule has 0 atom stereocenters. The molecule has 1 heteroatoms. The van der Waals surface area contributed by atoms with Crippen LogP contribution in [0, 0.1) is 0 Å². The highest BCUT2D eigenvalue weighted by molar-refractivity contribution is 6.16. The van der Waals surface area contributed by atoms with Crippen molar-refractivity contribution in [1.82, 2.24) is 0 Å². The fourth-order valence-corrected chi connectivity index (χ4v) is 3.80. The lowest BCUT2D eigenvalue weighted by Crippen LogP contribution is -2.10. The molecule has 4 aromatic carbocycles. The average Bonchev–Trinajstić information content (AvgIpc) is 2.62. The summed E-state index contributed by atoms with van der Waals surface area (Å²) in [7, 11) is 0. The van der Waals surface area contributed by atoms with E-state index in [0.717, 1.165) is 18.5 Å². The van der Waals surface area contributed by atoms with Crippen LogP contribution < -0.4 is 10.5 Å². The topological polar surface area (TPSA) is 12.0 Å². The van der Waals surface area contributed by atoms with Gasteiger partial charge < -0.3 is 5.32 Å². The maximum Gasteiger partial charge on any atom is 0.0464 e. The largest absolute Gasteiger partial charge is 0.355 e. The van der Waals surface area contributed by atoms with Gasteiger partial charge in [-0.3, -0.25) is 0 Å². The molecule has 0 saturated heterocycles. The third-order valence-corrected chi connectivity index (χ3v) is 4.86. The molecule has 0 unspecified atom stereocenters. The first-order valence-corrected chi connectivity index (χ1v) is 8.19. The van der Waals surface area contributed by atoms with Crippen LogP contribution in [0.5, 0.6) is 0 Å². The number of para-hydroxylation sites is 1. The molecule has 1 N–H and O–H groups in total. The van der Waals surface area contributed by atoms with Crippen LogP contribution in [0.1, 0.15) is 12.0 Å². The molecule has 0 spiro atoms. The molecule has 0 saturated carbocycles. The van der Waals surface area contributed by atoms with Gasteiger partial charge in [-0.1, -0.05) is 54.6 Å². The number of hydrogen-bond donors (Lipinski definition) is 1. The predicted octanol–water partition coefficient (Wildman–Crippen LogP) is 5.18. The summed E-state index contributed by atoms with van der Waals surface area (Å²) in [4.78, 5) is 0. The maximum absolute atomic E-state index is 3.58. The van der Waals surface area contributed by atoms with E-state index >= 15 is 0 Å². The average molecular weight is 295 g/mol. The van der Waals surface area contributed by atoms with Gasteiger partial charge in [0.2, 0.25) is 0 Å². The Morgan fingerprint density at radius 1 is 0.739 bits per heavy atom. The SMILES string of the molecule is C1=c2ccc3c(Nc4ccccc4)ccc4ccc(c2c43)CC1. The number of benzene rings is 4. The molecule has 0 heterocycles. The van der Waals surface area contributed by atoms with Crippen molar-refractivity contribution in [2.45, 2.75) is 12.8 Å². The van der Waals surface area contributed by atoms with Crippen molar-refractivity contribution in [2.75, 3.05) is 5.32 Å². The summed E-state index contributed by atoms with van der Waals surface area (Å²) in [5.74, 6) is 0. The third-order valence-electron chi connectivity index (χ3n) is 4.86. The smallest absolute Gasteiger partial charge is 0.0464 e. The summed E-state index contributed by atoms with van der Waals surface area (Å²) in [6.45, 7) is 0. The van der Waals surface area contributed by atoms with Crippen molar-refractivity contribution in [1.29, 1.82) is 0 Å². The Balaban J connectivity index is 1.82. The lowest BCUT2D eigenvalue weighted by molar-refractivity contribution is 1.04. The van der Waals surface area contributed by atoms with Crippen LogP contribution in [0.15, 0.2) is 66.7 Å². The number of nitrogens with one attached hydrogen (secondary N) is 1. The van der Waals surface area contributed by atoms with E-state index < -0.39 is 0 Å². The van der Waals surface area contributed by atoms with E-state index in [1.165, 1.54) is 38.0 Å². The van der Waals surface area contributed by atoms with Gasteiger partial charge in [-0.2, -0.15) is 0 Å². The van der Waals surface area contributed by atoms with Gasteiger partial charge in [-0.15, -0.1) is 0 Å². The van der Waals surface area contributed by atoms with Crippen molar-refractivity contribution in [2.24, 2.45) is 0 Å². The van der Waals surface area contributed by atoms with E-state index in [2.05, 4.69) is 72.1 Å². The Bertz CT molecular complexity index is 1080. The van der Waals surface area contributed by atoms with Gasteiger partial charge in [0, 0.05) is 16.8 Å². The third kappa shape index (κ3) is 1.93. The Hall–Kier alpha value is -2.80. The second kappa shape index (κ2) is 4.85. The van der Waals surface area contributed by atoms with Crippen molar-refractivity contribution in [3.8, 4) is 0 Å². The van der Waals surface area contributed by atoms with Crippen molar-refractivity contribution in [3.63, 3.8) is 0 Å². The normalized spacial score (nSPS) is 13.2. The second-order valence-electron chi connectivity index (χ2n) is 6.25. The monoisotopic (exact) mass is 295 g/mol. The first-order valence-electron chi connectivity index (χ1n) is 8.19. The minimum Gasteiger partial charge on any atom is -0.355 e. The highest BCUT2D eigenvalue weighted by Gasteiger charge is 2.13. The van der Waals surface area contributed by atoms with E-state index in [4.69, 9.17) is 0 Å². The zero-order valence-electron chi connectivity index (χ0n) is 12.8. The van der Waals surface area contributed by atoms with Gasteiger partial charge in [0.25, 0.3) is 0 Å². The van der Waals surface area contributed by atoms with Crippen LogP contribution in [-0.4, -0.2) is 0 Å². The van der Waals surface area contributed by atoms with E-state index in [9.17, 15) is 0 Å². The van der Waals surface area contributed by atoms with Gasteiger partial charge >= 0.3 is 0 Å². The summed E-state index contributed by atoms with van der Waals surface area (Å²) < 4.78 is 0. The van der Waals surface area contributed by atoms with Gasteiger partial charge in [-0.25, -0.2) is 0 Å². The van der Waals surface area contributed by atoms with Crippen LogP contribution in [0.4, 0.5) is 11.4 Å². The standard InChI is InChI=1S/C22H17N/c1-2-7-18(8-3-1)23-20-14-12-17-10-9-15-5-4-6-16-11-13-19(20)22(17)21(15)16/h1-3,6-14,23H,4-5H2. The number of aryl methyl sites for hydroxylation is 1.